The van der Waals surface area contributed by atoms with E-state index in [1.807, 2.05) is 13.8 Å². The van der Waals surface area contributed by atoms with E-state index in [9.17, 15) is 9.59 Å². The first-order valence-corrected chi connectivity index (χ1v) is 10.1. The van der Waals surface area contributed by atoms with Gasteiger partial charge in [-0.1, -0.05) is 84.8 Å². The Kier molecular flexibility index (Phi) is 14.8. The maximum Gasteiger partial charge on any atom is 0.410 e. The van der Waals surface area contributed by atoms with Crippen molar-refractivity contribution in [3.05, 3.63) is 12.7 Å². The van der Waals surface area contributed by atoms with Gasteiger partial charge in [-0.2, -0.15) is 0 Å². The molecule has 0 aliphatic rings. The second-order valence-electron chi connectivity index (χ2n) is 7.16. The number of esters is 1. The summed E-state index contributed by atoms with van der Waals surface area (Å²) in [4.78, 5) is 25.6. The van der Waals surface area contributed by atoms with E-state index < -0.39 is 12.1 Å². The predicted molar refractivity (Wildman–Crippen MR) is 106 cm³/mol. The molecule has 0 aliphatic carbocycles. The van der Waals surface area contributed by atoms with Crippen molar-refractivity contribution in [3.8, 4) is 0 Å². The summed E-state index contributed by atoms with van der Waals surface area (Å²) in [5.41, 5.74) is 0. The molecule has 152 valence electrons. The van der Waals surface area contributed by atoms with Gasteiger partial charge in [0.25, 0.3) is 0 Å². The minimum Gasteiger partial charge on any atom is -0.464 e. The van der Waals surface area contributed by atoms with E-state index in [1.165, 1.54) is 55.9 Å². The Balaban J connectivity index is 4.01. The van der Waals surface area contributed by atoms with Crippen molar-refractivity contribution in [2.45, 2.75) is 84.6 Å². The summed E-state index contributed by atoms with van der Waals surface area (Å²) in [6.45, 7) is 10.1. The van der Waals surface area contributed by atoms with E-state index in [1.54, 1.807) is 7.05 Å². The average molecular weight is 370 g/mol. The molecule has 0 fully saturated rings. The standard InChI is InChI=1S/C21H39NO4/c1-6-8-9-10-11-12-13-14-15-17-25-20(23)19(18(3)4)22(5)21(24)26-16-7-2/h7,18-19H,2,6,8-17H2,1,3-5H3. The highest BCUT2D eigenvalue weighted by Crippen LogP contribution is 2.14. The summed E-state index contributed by atoms with van der Waals surface area (Å²) in [6, 6.07) is -0.633. The number of carbonyl (C=O) groups excluding carboxylic acids is 2. The normalized spacial score (nSPS) is 11.9. The fraction of sp³-hybridized carbons (Fsp3) is 0.810. The molecule has 0 heterocycles. The number of hydrogen-bond acceptors (Lipinski definition) is 4. The van der Waals surface area contributed by atoms with Gasteiger partial charge in [0, 0.05) is 7.05 Å². The van der Waals surface area contributed by atoms with Crippen LogP contribution in [0.3, 0.4) is 0 Å². The van der Waals surface area contributed by atoms with Crippen LogP contribution in [-0.4, -0.2) is 43.3 Å². The summed E-state index contributed by atoms with van der Waals surface area (Å²) >= 11 is 0. The second-order valence-corrected chi connectivity index (χ2v) is 7.16. The highest BCUT2D eigenvalue weighted by atomic mass is 16.6. The van der Waals surface area contributed by atoms with Crippen LogP contribution in [0.1, 0.15) is 78.6 Å². The van der Waals surface area contributed by atoms with Crippen LogP contribution >= 0.6 is 0 Å². The Bertz CT molecular complexity index is 395. The highest BCUT2D eigenvalue weighted by Gasteiger charge is 2.31. The molecule has 5 heteroatoms. The van der Waals surface area contributed by atoms with Gasteiger partial charge in [0.15, 0.2) is 0 Å². The summed E-state index contributed by atoms with van der Waals surface area (Å²) in [7, 11) is 1.57. The minimum absolute atomic E-state index is 0.0492. The molecular formula is C21H39NO4. The average Bonchev–Trinajstić information content (AvgIpc) is 2.60. The van der Waals surface area contributed by atoms with Gasteiger partial charge in [0.05, 0.1) is 6.61 Å². The third-order valence-corrected chi connectivity index (χ3v) is 4.40. The molecule has 1 atom stereocenters. The van der Waals surface area contributed by atoms with Crippen molar-refractivity contribution in [2.24, 2.45) is 5.92 Å². The Hall–Kier alpha value is -1.52. The van der Waals surface area contributed by atoms with Crippen LogP contribution in [0.2, 0.25) is 0 Å². The number of amides is 1. The lowest BCUT2D eigenvalue weighted by Gasteiger charge is -2.28. The van der Waals surface area contributed by atoms with Gasteiger partial charge < -0.3 is 9.47 Å². The topological polar surface area (TPSA) is 55.8 Å². The van der Waals surface area contributed by atoms with E-state index in [2.05, 4.69) is 13.5 Å². The van der Waals surface area contributed by atoms with Crippen LogP contribution in [0.5, 0.6) is 0 Å². The van der Waals surface area contributed by atoms with Crippen LogP contribution in [0.4, 0.5) is 4.79 Å². The lowest BCUT2D eigenvalue weighted by molar-refractivity contribution is -0.150. The van der Waals surface area contributed by atoms with Crippen molar-refractivity contribution in [1.29, 1.82) is 0 Å². The largest absolute Gasteiger partial charge is 0.464 e. The van der Waals surface area contributed by atoms with E-state index in [4.69, 9.17) is 9.47 Å². The molecule has 0 aromatic carbocycles. The first kappa shape index (κ1) is 24.5. The minimum atomic E-state index is -0.633. The molecule has 0 spiro atoms. The zero-order valence-electron chi connectivity index (χ0n) is 17.3. The van der Waals surface area contributed by atoms with Crippen LogP contribution in [-0.2, 0) is 14.3 Å². The number of rotatable bonds is 15. The molecule has 0 bridgehead atoms. The van der Waals surface area contributed by atoms with Crippen molar-refractivity contribution in [2.75, 3.05) is 20.3 Å². The number of unbranched alkanes of at least 4 members (excludes halogenated alkanes) is 8. The lowest BCUT2D eigenvalue weighted by Crippen LogP contribution is -2.46. The second kappa shape index (κ2) is 15.7. The van der Waals surface area contributed by atoms with Crippen LogP contribution in [0, 0.1) is 5.92 Å². The van der Waals surface area contributed by atoms with E-state index >= 15 is 0 Å². The van der Waals surface area contributed by atoms with Gasteiger partial charge in [-0.3, -0.25) is 4.90 Å². The molecule has 5 nitrogen and oxygen atoms in total. The Morgan fingerprint density at radius 3 is 2.00 bits per heavy atom. The molecular weight excluding hydrogens is 330 g/mol. The van der Waals surface area contributed by atoms with Gasteiger partial charge in [0.1, 0.15) is 12.6 Å². The fourth-order valence-corrected chi connectivity index (χ4v) is 2.89. The molecule has 0 rings (SSSR count). The Labute approximate surface area is 160 Å². The third kappa shape index (κ3) is 11.2. The van der Waals surface area contributed by atoms with Gasteiger partial charge in [-0.25, -0.2) is 9.59 Å². The zero-order valence-corrected chi connectivity index (χ0v) is 17.3. The van der Waals surface area contributed by atoms with Crippen LogP contribution in [0.15, 0.2) is 12.7 Å². The van der Waals surface area contributed by atoms with Gasteiger partial charge >= 0.3 is 12.1 Å². The van der Waals surface area contributed by atoms with Crippen molar-refractivity contribution < 1.29 is 19.1 Å². The molecule has 0 aromatic heterocycles. The molecule has 1 amide bonds. The zero-order chi connectivity index (χ0) is 19.8. The molecule has 0 N–H and O–H groups in total. The number of carbonyl (C=O) groups is 2. The number of hydrogen-bond donors (Lipinski definition) is 0. The first-order valence-electron chi connectivity index (χ1n) is 10.1. The summed E-state index contributed by atoms with van der Waals surface area (Å²) in [5, 5.41) is 0. The lowest BCUT2D eigenvalue weighted by atomic mass is 10.0. The summed E-state index contributed by atoms with van der Waals surface area (Å²) < 4.78 is 10.4. The SMILES string of the molecule is C=CCOC(=O)N(C)C(C(=O)OCCCCCCCCCCC)C(C)C. The predicted octanol–water partition coefficient (Wildman–Crippen LogP) is 5.34. The van der Waals surface area contributed by atoms with Crippen LogP contribution in [0.25, 0.3) is 0 Å². The third-order valence-electron chi connectivity index (χ3n) is 4.40. The number of ether oxygens (including phenoxy) is 2. The van der Waals surface area contributed by atoms with Crippen molar-refractivity contribution in [3.63, 3.8) is 0 Å². The van der Waals surface area contributed by atoms with E-state index in [0.29, 0.717) is 6.61 Å². The maximum absolute atomic E-state index is 12.3. The quantitative estimate of drug-likeness (QED) is 0.222. The Morgan fingerprint density at radius 2 is 1.50 bits per heavy atom. The van der Waals surface area contributed by atoms with E-state index in [-0.39, 0.29) is 18.5 Å². The summed E-state index contributed by atoms with van der Waals surface area (Å²) in [6.07, 6.45) is 11.9. The van der Waals surface area contributed by atoms with Gasteiger partial charge in [0.2, 0.25) is 0 Å². The first-order chi connectivity index (χ1) is 12.5. The Morgan fingerprint density at radius 1 is 0.962 bits per heavy atom. The summed E-state index contributed by atoms with van der Waals surface area (Å²) in [5.74, 6) is -0.412. The molecule has 0 radical (unpaired) electrons. The monoisotopic (exact) mass is 369 g/mol. The van der Waals surface area contributed by atoms with Crippen LogP contribution < -0.4 is 0 Å². The van der Waals surface area contributed by atoms with Crippen molar-refractivity contribution >= 4 is 12.1 Å². The fourth-order valence-electron chi connectivity index (χ4n) is 2.89. The maximum atomic E-state index is 12.3. The number of likely N-dealkylation sites (N-methyl/N-ethyl adjacent to an activating group) is 1. The molecule has 1 unspecified atom stereocenters. The smallest absolute Gasteiger partial charge is 0.410 e. The number of nitrogens with zero attached hydrogens (tertiary/aromatic N) is 1. The molecule has 26 heavy (non-hydrogen) atoms. The molecule has 0 aliphatic heterocycles. The highest BCUT2D eigenvalue weighted by molar-refractivity contribution is 5.81. The molecule has 0 saturated heterocycles. The van der Waals surface area contributed by atoms with Crippen molar-refractivity contribution in [1.82, 2.24) is 4.90 Å². The van der Waals surface area contributed by atoms with E-state index in [0.717, 1.165) is 12.8 Å². The molecule has 0 aromatic rings. The molecule has 0 saturated carbocycles. The van der Waals surface area contributed by atoms with Gasteiger partial charge in [-0.05, 0) is 12.3 Å². The van der Waals surface area contributed by atoms with Gasteiger partial charge in [-0.15, -0.1) is 0 Å².